The van der Waals surface area contributed by atoms with Crippen molar-refractivity contribution in [3.8, 4) is 0 Å². The van der Waals surface area contributed by atoms with E-state index in [4.69, 9.17) is 28.3 Å². The van der Waals surface area contributed by atoms with Crippen LogP contribution in [-0.2, 0) is 4.79 Å². The molecule has 1 heterocycles. The maximum absolute atomic E-state index is 11.4. The minimum Gasteiger partial charge on any atom is -0.480 e. The van der Waals surface area contributed by atoms with Crippen LogP contribution in [0.25, 0.3) is 0 Å². The van der Waals surface area contributed by atoms with E-state index in [0.717, 1.165) is 0 Å². The van der Waals surface area contributed by atoms with Crippen LogP contribution in [0.4, 0.5) is 0 Å². The first kappa shape index (κ1) is 11.7. The molecule has 5 nitrogen and oxygen atoms in total. The molecule has 2 N–H and O–H groups in total. The van der Waals surface area contributed by atoms with Gasteiger partial charge in [0.05, 0.1) is 10.6 Å². The van der Waals surface area contributed by atoms with Gasteiger partial charge in [-0.2, -0.15) is 0 Å². The maximum Gasteiger partial charge on any atom is 0.322 e. The molecule has 1 aromatic rings. The van der Waals surface area contributed by atoms with Gasteiger partial charge in [-0.05, 0) is 6.07 Å². The van der Waals surface area contributed by atoms with Crippen molar-refractivity contribution in [3.63, 3.8) is 0 Å². The Bertz CT molecular complexity index is 409. The van der Waals surface area contributed by atoms with E-state index in [2.05, 4.69) is 10.3 Å². The topological polar surface area (TPSA) is 79.3 Å². The van der Waals surface area contributed by atoms with Crippen LogP contribution in [0.2, 0.25) is 10.2 Å². The Balaban J connectivity index is 2.81. The Morgan fingerprint density at radius 3 is 2.73 bits per heavy atom. The smallest absolute Gasteiger partial charge is 0.322 e. The third-order valence-corrected chi connectivity index (χ3v) is 1.97. The molecule has 0 aliphatic heterocycles. The lowest BCUT2D eigenvalue weighted by atomic mass is 10.2. The monoisotopic (exact) mass is 248 g/mol. The van der Waals surface area contributed by atoms with Crippen molar-refractivity contribution in [2.75, 3.05) is 6.54 Å². The van der Waals surface area contributed by atoms with Gasteiger partial charge in [0.2, 0.25) is 0 Å². The average molecular weight is 249 g/mol. The second-order valence-corrected chi connectivity index (χ2v) is 3.36. The van der Waals surface area contributed by atoms with Crippen LogP contribution in [-0.4, -0.2) is 28.5 Å². The van der Waals surface area contributed by atoms with Gasteiger partial charge in [0, 0.05) is 6.20 Å². The zero-order valence-electron chi connectivity index (χ0n) is 7.33. The Kier molecular flexibility index (Phi) is 3.88. The minimum atomic E-state index is -1.14. The summed E-state index contributed by atoms with van der Waals surface area (Å²) in [5.41, 5.74) is 0.0953. The number of carbonyl (C=O) groups is 2. The van der Waals surface area contributed by atoms with Gasteiger partial charge in [-0.25, -0.2) is 4.98 Å². The maximum atomic E-state index is 11.4. The number of pyridine rings is 1. The third-order valence-electron chi connectivity index (χ3n) is 1.47. The highest BCUT2D eigenvalue weighted by molar-refractivity contribution is 6.35. The molecular formula is C8H6Cl2N2O3. The van der Waals surface area contributed by atoms with E-state index in [1.54, 1.807) is 0 Å². The molecule has 1 aromatic heterocycles. The fraction of sp³-hybridized carbons (Fsp3) is 0.125. The molecule has 15 heavy (non-hydrogen) atoms. The molecule has 0 aliphatic carbocycles. The Labute approximate surface area is 95.0 Å². The van der Waals surface area contributed by atoms with Gasteiger partial charge in [0.25, 0.3) is 5.91 Å². The first-order chi connectivity index (χ1) is 7.00. The molecule has 80 valence electrons. The van der Waals surface area contributed by atoms with Gasteiger partial charge >= 0.3 is 5.97 Å². The third kappa shape index (κ3) is 3.38. The first-order valence-electron chi connectivity index (χ1n) is 3.81. The van der Waals surface area contributed by atoms with E-state index >= 15 is 0 Å². The largest absolute Gasteiger partial charge is 0.480 e. The second kappa shape index (κ2) is 4.95. The van der Waals surface area contributed by atoms with Crippen LogP contribution in [0, 0.1) is 0 Å². The first-order valence-corrected chi connectivity index (χ1v) is 4.57. The molecule has 0 saturated carbocycles. The fourth-order valence-corrected chi connectivity index (χ4v) is 1.19. The van der Waals surface area contributed by atoms with E-state index in [9.17, 15) is 9.59 Å². The highest BCUT2D eigenvalue weighted by Crippen LogP contribution is 2.17. The molecular weight excluding hydrogens is 243 g/mol. The zero-order chi connectivity index (χ0) is 11.4. The van der Waals surface area contributed by atoms with Crippen LogP contribution in [0.1, 0.15) is 10.4 Å². The number of carboxylic acid groups (broad SMARTS) is 1. The Hall–Kier alpha value is -1.33. The van der Waals surface area contributed by atoms with Gasteiger partial charge in [-0.1, -0.05) is 23.2 Å². The molecule has 0 spiro atoms. The Morgan fingerprint density at radius 2 is 2.13 bits per heavy atom. The summed E-state index contributed by atoms with van der Waals surface area (Å²) in [6.45, 7) is -0.477. The van der Waals surface area contributed by atoms with Crippen LogP contribution >= 0.6 is 23.2 Å². The van der Waals surface area contributed by atoms with E-state index < -0.39 is 18.4 Å². The van der Waals surface area contributed by atoms with Crippen LogP contribution in [0.5, 0.6) is 0 Å². The number of aliphatic carboxylic acids is 1. The van der Waals surface area contributed by atoms with E-state index in [0.29, 0.717) is 0 Å². The quantitative estimate of drug-likeness (QED) is 0.789. The molecule has 0 saturated heterocycles. The summed E-state index contributed by atoms with van der Waals surface area (Å²) < 4.78 is 0. The molecule has 0 bridgehead atoms. The number of aromatic nitrogens is 1. The molecule has 0 fully saturated rings. The molecule has 0 aromatic carbocycles. The minimum absolute atomic E-state index is 0.0953. The van der Waals surface area contributed by atoms with Crippen molar-refractivity contribution in [2.24, 2.45) is 0 Å². The van der Waals surface area contributed by atoms with Crippen LogP contribution in [0.3, 0.4) is 0 Å². The van der Waals surface area contributed by atoms with Crippen molar-refractivity contribution in [2.45, 2.75) is 0 Å². The van der Waals surface area contributed by atoms with Crippen molar-refractivity contribution in [1.82, 2.24) is 10.3 Å². The summed E-state index contributed by atoms with van der Waals surface area (Å²) in [4.78, 5) is 25.2. The van der Waals surface area contributed by atoms with Crippen molar-refractivity contribution < 1.29 is 14.7 Å². The van der Waals surface area contributed by atoms with Crippen LogP contribution in [0.15, 0.2) is 12.3 Å². The van der Waals surface area contributed by atoms with E-state index in [1.165, 1.54) is 12.3 Å². The van der Waals surface area contributed by atoms with Gasteiger partial charge < -0.3 is 10.4 Å². The SMILES string of the molecule is O=C(O)CNC(=O)c1cc(Cl)ncc1Cl. The average Bonchev–Trinajstić information content (AvgIpc) is 2.18. The molecule has 0 atom stereocenters. The van der Waals surface area contributed by atoms with Gasteiger partial charge in [-0.15, -0.1) is 0 Å². The summed E-state index contributed by atoms with van der Waals surface area (Å²) in [5.74, 6) is -1.74. The zero-order valence-corrected chi connectivity index (χ0v) is 8.84. The number of nitrogens with one attached hydrogen (secondary N) is 1. The second-order valence-electron chi connectivity index (χ2n) is 2.56. The lowest BCUT2D eigenvalue weighted by molar-refractivity contribution is -0.135. The molecule has 0 aliphatic rings. The lowest BCUT2D eigenvalue weighted by Crippen LogP contribution is -2.29. The lowest BCUT2D eigenvalue weighted by Gasteiger charge is -2.04. The van der Waals surface area contributed by atoms with Crippen molar-refractivity contribution >= 4 is 35.1 Å². The normalized spacial score (nSPS) is 9.73. The summed E-state index contributed by atoms with van der Waals surface area (Å²) in [6.07, 6.45) is 1.22. The predicted octanol–water partition coefficient (Wildman–Crippen LogP) is 1.20. The van der Waals surface area contributed by atoms with Crippen molar-refractivity contribution in [3.05, 3.63) is 28.0 Å². The van der Waals surface area contributed by atoms with E-state index in [-0.39, 0.29) is 15.7 Å². The van der Waals surface area contributed by atoms with Gasteiger partial charge in [0.15, 0.2) is 0 Å². The highest BCUT2D eigenvalue weighted by atomic mass is 35.5. The predicted molar refractivity (Wildman–Crippen MR) is 54.2 cm³/mol. The number of hydrogen-bond acceptors (Lipinski definition) is 3. The van der Waals surface area contributed by atoms with E-state index in [1.807, 2.05) is 0 Å². The summed E-state index contributed by atoms with van der Waals surface area (Å²) in [5, 5.41) is 10.7. The van der Waals surface area contributed by atoms with Crippen molar-refractivity contribution in [1.29, 1.82) is 0 Å². The number of amides is 1. The molecule has 7 heteroatoms. The number of halogens is 2. The molecule has 1 rings (SSSR count). The number of nitrogens with zero attached hydrogens (tertiary/aromatic N) is 1. The summed E-state index contributed by atoms with van der Waals surface area (Å²) in [7, 11) is 0. The molecule has 0 radical (unpaired) electrons. The number of carbonyl (C=O) groups excluding carboxylic acids is 1. The van der Waals surface area contributed by atoms with Gasteiger partial charge in [-0.3, -0.25) is 9.59 Å². The summed E-state index contributed by atoms with van der Waals surface area (Å²) in [6, 6.07) is 1.26. The molecule has 0 unspecified atom stereocenters. The number of hydrogen-bond donors (Lipinski definition) is 2. The standard InChI is InChI=1S/C8H6Cl2N2O3/c9-5-2-11-6(10)1-4(5)8(15)12-3-7(13)14/h1-2H,3H2,(H,12,15)(H,13,14). The highest BCUT2D eigenvalue weighted by Gasteiger charge is 2.12. The number of carboxylic acids is 1. The Morgan fingerprint density at radius 1 is 1.47 bits per heavy atom. The summed E-state index contributed by atoms with van der Waals surface area (Å²) >= 11 is 11.2. The van der Waals surface area contributed by atoms with Gasteiger partial charge in [0.1, 0.15) is 11.7 Å². The fourth-order valence-electron chi connectivity index (χ4n) is 0.838. The molecule has 1 amide bonds. The number of rotatable bonds is 3. The van der Waals surface area contributed by atoms with Crippen LogP contribution < -0.4 is 5.32 Å².